The largest absolute Gasteiger partial charge is 0.387 e. The molecule has 0 aliphatic carbocycles. The first kappa shape index (κ1) is 17.7. The Morgan fingerprint density at radius 2 is 2.10 bits per heavy atom. The molecular formula is C14H22Cl2N2O2. The molecule has 0 amide bonds. The average molecular weight is 321 g/mol. The highest BCUT2D eigenvalue weighted by molar-refractivity contribution is 6.33. The normalized spacial score (nSPS) is 12.9. The molecule has 4 nitrogen and oxygen atoms in total. The van der Waals surface area contributed by atoms with Gasteiger partial charge in [0.15, 0.2) is 0 Å². The number of hydrogen-bond acceptors (Lipinski definition) is 4. The van der Waals surface area contributed by atoms with E-state index in [-0.39, 0.29) is 0 Å². The minimum atomic E-state index is -0.662. The van der Waals surface area contributed by atoms with E-state index in [9.17, 15) is 5.11 Å². The number of halogens is 2. The lowest BCUT2D eigenvalue weighted by Crippen LogP contribution is -2.33. The molecular weight excluding hydrogens is 299 g/mol. The average Bonchev–Trinajstić information content (AvgIpc) is 2.43. The van der Waals surface area contributed by atoms with Crippen molar-refractivity contribution in [3.8, 4) is 0 Å². The lowest BCUT2D eigenvalue weighted by molar-refractivity contribution is 0.156. The van der Waals surface area contributed by atoms with Crippen LogP contribution >= 0.6 is 23.2 Å². The Bertz CT molecular complexity index is 405. The van der Waals surface area contributed by atoms with Crippen molar-refractivity contribution in [3.63, 3.8) is 0 Å². The van der Waals surface area contributed by atoms with Crippen molar-refractivity contribution in [1.82, 2.24) is 10.2 Å². The smallest absolute Gasteiger partial charge is 0.0929 e. The lowest BCUT2D eigenvalue weighted by Gasteiger charge is -2.18. The highest BCUT2D eigenvalue weighted by atomic mass is 35.5. The van der Waals surface area contributed by atoms with Crippen LogP contribution in [-0.2, 0) is 4.74 Å². The van der Waals surface area contributed by atoms with E-state index >= 15 is 0 Å². The molecule has 1 rings (SSSR count). The van der Waals surface area contributed by atoms with Gasteiger partial charge < -0.3 is 20.1 Å². The maximum Gasteiger partial charge on any atom is 0.0929 e. The fourth-order valence-electron chi connectivity index (χ4n) is 1.75. The van der Waals surface area contributed by atoms with Gasteiger partial charge in [0.05, 0.1) is 12.7 Å². The molecule has 0 saturated heterocycles. The number of aliphatic hydroxyl groups excluding tert-OH is 1. The van der Waals surface area contributed by atoms with E-state index in [1.807, 2.05) is 7.05 Å². The van der Waals surface area contributed by atoms with Crippen LogP contribution in [0.5, 0.6) is 0 Å². The molecule has 0 bridgehead atoms. The van der Waals surface area contributed by atoms with Crippen LogP contribution in [0.25, 0.3) is 0 Å². The second-order valence-corrected chi connectivity index (χ2v) is 5.53. The molecule has 6 heteroatoms. The Morgan fingerprint density at radius 3 is 2.80 bits per heavy atom. The Labute approximate surface area is 130 Å². The van der Waals surface area contributed by atoms with Gasteiger partial charge in [-0.2, -0.15) is 0 Å². The van der Waals surface area contributed by atoms with Crippen LogP contribution in [0.4, 0.5) is 0 Å². The summed E-state index contributed by atoms with van der Waals surface area (Å²) < 4.78 is 5.01. The standard InChI is InChI=1S/C14H22Cl2N2O2/c1-18(7-8-20-2)6-5-17-10-14(19)12-9-11(15)3-4-13(12)16/h3-4,9,14,17,19H,5-8,10H2,1-2H3. The van der Waals surface area contributed by atoms with Crippen LogP contribution in [0.15, 0.2) is 18.2 Å². The molecule has 1 aromatic rings. The predicted molar refractivity (Wildman–Crippen MR) is 83.7 cm³/mol. The zero-order chi connectivity index (χ0) is 15.0. The molecule has 0 aliphatic heterocycles. The fourth-order valence-corrected chi connectivity index (χ4v) is 2.17. The molecule has 0 aromatic heterocycles. The van der Waals surface area contributed by atoms with Gasteiger partial charge in [0.2, 0.25) is 0 Å². The molecule has 1 unspecified atom stereocenters. The van der Waals surface area contributed by atoms with Crippen molar-refractivity contribution in [3.05, 3.63) is 33.8 Å². The number of benzene rings is 1. The Kier molecular flexibility index (Phi) is 8.45. The van der Waals surface area contributed by atoms with E-state index in [0.717, 1.165) is 26.2 Å². The predicted octanol–water partition coefficient (Wildman–Crippen LogP) is 2.19. The van der Waals surface area contributed by atoms with Crippen LogP contribution in [0.2, 0.25) is 10.0 Å². The molecule has 0 radical (unpaired) electrons. The monoisotopic (exact) mass is 320 g/mol. The Hall–Kier alpha value is -0.360. The number of ether oxygens (including phenoxy) is 1. The number of likely N-dealkylation sites (N-methyl/N-ethyl adjacent to an activating group) is 1. The van der Waals surface area contributed by atoms with Crippen molar-refractivity contribution in [2.45, 2.75) is 6.10 Å². The molecule has 0 saturated carbocycles. The van der Waals surface area contributed by atoms with Crippen molar-refractivity contribution < 1.29 is 9.84 Å². The third-order valence-corrected chi connectivity index (χ3v) is 3.58. The van der Waals surface area contributed by atoms with Gasteiger partial charge in [-0.15, -0.1) is 0 Å². The number of nitrogens with one attached hydrogen (secondary N) is 1. The van der Waals surface area contributed by atoms with Gasteiger partial charge >= 0.3 is 0 Å². The summed E-state index contributed by atoms with van der Waals surface area (Å²) in [6.45, 7) is 3.73. The van der Waals surface area contributed by atoms with Gasteiger partial charge in [0.25, 0.3) is 0 Å². The van der Waals surface area contributed by atoms with Gasteiger partial charge in [0.1, 0.15) is 0 Å². The fraction of sp³-hybridized carbons (Fsp3) is 0.571. The second-order valence-electron chi connectivity index (χ2n) is 4.68. The second kappa shape index (κ2) is 9.55. The first-order valence-electron chi connectivity index (χ1n) is 6.55. The summed E-state index contributed by atoms with van der Waals surface area (Å²) in [5, 5.41) is 14.4. The van der Waals surface area contributed by atoms with Crippen LogP contribution in [0, 0.1) is 0 Å². The van der Waals surface area contributed by atoms with Crippen molar-refractivity contribution in [1.29, 1.82) is 0 Å². The summed E-state index contributed by atoms with van der Waals surface area (Å²) in [5.41, 5.74) is 0.652. The zero-order valence-electron chi connectivity index (χ0n) is 11.9. The summed E-state index contributed by atoms with van der Waals surface area (Å²) in [4.78, 5) is 2.16. The molecule has 0 aliphatic rings. The van der Waals surface area contributed by atoms with E-state index in [1.54, 1.807) is 25.3 Å². The third-order valence-electron chi connectivity index (χ3n) is 3.00. The first-order valence-corrected chi connectivity index (χ1v) is 7.31. The molecule has 1 atom stereocenters. The third kappa shape index (κ3) is 6.39. The highest BCUT2D eigenvalue weighted by Gasteiger charge is 2.11. The van der Waals surface area contributed by atoms with E-state index in [4.69, 9.17) is 27.9 Å². The maximum absolute atomic E-state index is 10.1. The maximum atomic E-state index is 10.1. The van der Waals surface area contributed by atoms with Crippen molar-refractivity contribution in [2.75, 3.05) is 46.9 Å². The molecule has 0 heterocycles. The topological polar surface area (TPSA) is 44.7 Å². The van der Waals surface area contributed by atoms with Crippen LogP contribution in [0.3, 0.4) is 0 Å². The van der Waals surface area contributed by atoms with Crippen molar-refractivity contribution >= 4 is 23.2 Å². The summed E-state index contributed by atoms with van der Waals surface area (Å²) in [6.07, 6.45) is -0.662. The van der Waals surface area contributed by atoms with Gasteiger partial charge in [-0.25, -0.2) is 0 Å². The minimum Gasteiger partial charge on any atom is -0.387 e. The molecule has 114 valence electrons. The molecule has 20 heavy (non-hydrogen) atoms. The van der Waals surface area contributed by atoms with E-state index < -0.39 is 6.10 Å². The van der Waals surface area contributed by atoms with E-state index in [0.29, 0.717) is 22.2 Å². The SMILES string of the molecule is COCCN(C)CCNCC(O)c1cc(Cl)ccc1Cl. The van der Waals surface area contributed by atoms with Gasteiger partial charge in [-0.3, -0.25) is 0 Å². The number of hydrogen-bond donors (Lipinski definition) is 2. The lowest BCUT2D eigenvalue weighted by atomic mass is 10.1. The number of aliphatic hydroxyl groups is 1. The zero-order valence-corrected chi connectivity index (χ0v) is 13.4. The quantitative estimate of drug-likeness (QED) is 0.685. The number of nitrogens with zero attached hydrogens (tertiary/aromatic N) is 1. The van der Waals surface area contributed by atoms with Gasteiger partial charge in [-0.05, 0) is 25.2 Å². The Morgan fingerprint density at radius 1 is 1.35 bits per heavy atom. The highest BCUT2D eigenvalue weighted by Crippen LogP contribution is 2.25. The van der Waals surface area contributed by atoms with Gasteiger partial charge in [0, 0.05) is 48.9 Å². The molecule has 2 N–H and O–H groups in total. The van der Waals surface area contributed by atoms with Gasteiger partial charge in [-0.1, -0.05) is 23.2 Å². The van der Waals surface area contributed by atoms with E-state index in [2.05, 4.69) is 10.2 Å². The van der Waals surface area contributed by atoms with Crippen LogP contribution in [0.1, 0.15) is 11.7 Å². The summed E-state index contributed by atoms with van der Waals surface area (Å²) in [7, 11) is 3.72. The molecule has 0 fully saturated rings. The summed E-state index contributed by atoms with van der Waals surface area (Å²) in [6, 6.07) is 5.10. The van der Waals surface area contributed by atoms with Crippen molar-refractivity contribution in [2.24, 2.45) is 0 Å². The number of rotatable bonds is 9. The summed E-state index contributed by atoms with van der Waals surface area (Å²) >= 11 is 11.9. The molecule has 1 aromatic carbocycles. The minimum absolute atomic E-state index is 0.443. The van der Waals surface area contributed by atoms with Crippen LogP contribution in [-0.4, -0.2) is 56.9 Å². The first-order chi connectivity index (χ1) is 9.54. The van der Waals surface area contributed by atoms with Crippen LogP contribution < -0.4 is 5.32 Å². The van der Waals surface area contributed by atoms with E-state index in [1.165, 1.54) is 0 Å². The number of methoxy groups -OCH3 is 1. The molecule has 0 spiro atoms. The Balaban J connectivity index is 2.29. The summed E-state index contributed by atoms with van der Waals surface area (Å²) in [5.74, 6) is 0.